The van der Waals surface area contributed by atoms with Crippen molar-refractivity contribution in [3.05, 3.63) is 35.4 Å². The van der Waals surface area contributed by atoms with Crippen molar-refractivity contribution >= 4 is 5.91 Å². The second-order valence-corrected chi connectivity index (χ2v) is 15.5. The van der Waals surface area contributed by atoms with Crippen LogP contribution in [0.2, 0.25) is 0 Å². The summed E-state index contributed by atoms with van der Waals surface area (Å²) >= 11 is 0. The minimum absolute atomic E-state index is 0.0153. The van der Waals surface area contributed by atoms with Gasteiger partial charge in [0.1, 0.15) is 6.10 Å². The van der Waals surface area contributed by atoms with Crippen LogP contribution in [-0.2, 0) is 20.7 Å². The molecule has 0 radical (unpaired) electrons. The van der Waals surface area contributed by atoms with E-state index in [-0.39, 0.29) is 30.0 Å². The van der Waals surface area contributed by atoms with E-state index < -0.39 is 42.0 Å². The molecule has 11 atom stereocenters. The summed E-state index contributed by atoms with van der Waals surface area (Å²) in [6.07, 6.45) is 0.598. The number of ether oxygens (including phenoxy) is 2. The van der Waals surface area contributed by atoms with Crippen molar-refractivity contribution in [3.8, 4) is 0 Å². The lowest BCUT2D eigenvalue weighted by Crippen LogP contribution is -2.59. The Kier molecular flexibility index (Phi) is 14.5. The van der Waals surface area contributed by atoms with Gasteiger partial charge in [0.25, 0.3) is 0 Å². The van der Waals surface area contributed by atoms with E-state index in [2.05, 4.69) is 62.3 Å². The number of nitrogens with zero attached hydrogens (tertiary/aromatic N) is 2. The Morgan fingerprint density at radius 1 is 1.11 bits per heavy atom. The van der Waals surface area contributed by atoms with Crippen LogP contribution in [0.15, 0.2) is 24.3 Å². The molecule has 2 heterocycles. The quantitative estimate of drug-likeness (QED) is 0.333. The highest BCUT2D eigenvalue weighted by Crippen LogP contribution is 2.35. The first-order chi connectivity index (χ1) is 21.5. The van der Waals surface area contributed by atoms with Gasteiger partial charge < -0.3 is 39.9 Å². The van der Waals surface area contributed by atoms with Crippen molar-refractivity contribution in [1.29, 1.82) is 0 Å². The number of rotatable bonds is 8. The number of likely N-dealkylation sites (N-methyl/N-ethyl adjacent to an activating group) is 1. The summed E-state index contributed by atoms with van der Waals surface area (Å²) in [5.41, 5.74) is 1.29. The largest absolute Gasteiger partial charge is 0.392 e. The third-order valence-corrected chi connectivity index (χ3v) is 10.4. The lowest BCUT2D eigenvalue weighted by molar-refractivity contribution is -0.299. The van der Waals surface area contributed by atoms with Gasteiger partial charge in [-0.25, -0.2) is 0 Å². The molecule has 1 aromatic rings. The second kappa shape index (κ2) is 17.2. The van der Waals surface area contributed by atoms with Gasteiger partial charge in [-0.1, -0.05) is 58.9 Å². The fourth-order valence-electron chi connectivity index (χ4n) is 7.55. The van der Waals surface area contributed by atoms with Gasteiger partial charge >= 0.3 is 0 Å². The van der Waals surface area contributed by atoms with Gasteiger partial charge in [-0.15, -0.1) is 0 Å². The van der Waals surface area contributed by atoms with Crippen LogP contribution in [0.5, 0.6) is 0 Å². The molecule has 0 aromatic heterocycles. The number of carbonyl (C=O) groups is 1. The number of carbonyl (C=O) groups excluding carboxylic acids is 1. The Labute approximate surface area is 279 Å². The molecule has 2 saturated heterocycles. The van der Waals surface area contributed by atoms with E-state index in [4.69, 9.17) is 9.47 Å². The molecule has 9 heteroatoms. The average Bonchev–Trinajstić information content (AvgIpc) is 2.97. The zero-order chi connectivity index (χ0) is 34.3. The molecule has 1 aromatic carbocycles. The first-order valence-electron chi connectivity index (χ1n) is 17.6. The van der Waals surface area contributed by atoms with Crippen molar-refractivity contribution in [1.82, 2.24) is 15.1 Å². The number of aliphatic hydroxyl groups excluding tert-OH is 2. The van der Waals surface area contributed by atoms with Crippen LogP contribution < -0.4 is 5.32 Å². The van der Waals surface area contributed by atoms with Crippen LogP contribution in [0.3, 0.4) is 0 Å². The SMILES string of the molecule is CC(C)c1ccc(CCCC2CCN(C)C[C@H](C)C[C@@](C)(O)[C@H](O[C@@H]3O[C@H](C)C[C@H](N(C)C)[C@H]3O)[C@@H](C)[C@H](O)[C@@H](C)C(=O)N2)cc1. The summed E-state index contributed by atoms with van der Waals surface area (Å²) in [7, 11) is 5.93. The van der Waals surface area contributed by atoms with Crippen molar-refractivity contribution in [3.63, 3.8) is 0 Å². The number of hydrogen-bond acceptors (Lipinski definition) is 8. The molecule has 0 saturated carbocycles. The maximum atomic E-state index is 13.6. The summed E-state index contributed by atoms with van der Waals surface area (Å²) in [5, 5.41) is 38.1. The van der Waals surface area contributed by atoms with E-state index in [1.54, 1.807) is 13.8 Å². The topological polar surface area (TPSA) is 115 Å². The summed E-state index contributed by atoms with van der Waals surface area (Å²) in [5.74, 6) is -0.919. The number of benzene rings is 1. The fraction of sp³-hybridized carbons (Fsp3) is 0.811. The molecular formula is C37H65N3O6. The van der Waals surface area contributed by atoms with E-state index in [9.17, 15) is 20.1 Å². The summed E-state index contributed by atoms with van der Waals surface area (Å²) in [6.45, 7) is 15.3. The molecule has 2 fully saturated rings. The fourth-order valence-corrected chi connectivity index (χ4v) is 7.55. The maximum Gasteiger partial charge on any atom is 0.225 e. The predicted octanol–water partition coefficient (Wildman–Crippen LogP) is 4.17. The zero-order valence-electron chi connectivity index (χ0n) is 30.3. The van der Waals surface area contributed by atoms with Crippen molar-refractivity contribution < 1.29 is 29.6 Å². The van der Waals surface area contributed by atoms with E-state index in [1.807, 2.05) is 32.8 Å². The van der Waals surface area contributed by atoms with Crippen LogP contribution in [-0.4, -0.2) is 114 Å². The number of nitrogens with one attached hydrogen (secondary N) is 1. The van der Waals surface area contributed by atoms with Gasteiger partial charge in [-0.05, 0) is 103 Å². The van der Waals surface area contributed by atoms with Crippen molar-refractivity contribution in [2.75, 3.05) is 34.2 Å². The number of aryl methyl sites for hydroxylation is 1. The standard InChI is InChI=1S/C37H65N3O6/c1-23(2)29-16-14-28(15-17-29)12-11-13-30-18-19-40(10)22-24(3)21-37(7,44)34(26(5)32(41)27(6)35(43)38-30)46-36-33(42)31(39(8)9)20-25(4)45-36/h14-17,23-27,30-34,36,41-42,44H,11-13,18-22H2,1-10H3,(H,38,43)/t24-,25-,26+,27-,30?,31+,32+,33-,34-,36+,37-/m1/s1. The monoisotopic (exact) mass is 647 g/mol. The van der Waals surface area contributed by atoms with Gasteiger partial charge in [0.15, 0.2) is 6.29 Å². The maximum absolute atomic E-state index is 13.6. The molecule has 2 aliphatic heterocycles. The first-order valence-corrected chi connectivity index (χ1v) is 17.6. The summed E-state index contributed by atoms with van der Waals surface area (Å²) in [4.78, 5) is 17.9. The summed E-state index contributed by atoms with van der Waals surface area (Å²) < 4.78 is 12.6. The minimum atomic E-state index is -1.35. The van der Waals surface area contributed by atoms with Crippen LogP contribution in [0.1, 0.15) is 97.6 Å². The van der Waals surface area contributed by atoms with E-state index in [0.717, 1.165) is 38.8 Å². The van der Waals surface area contributed by atoms with Gasteiger partial charge in [0.05, 0.1) is 29.8 Å². The van der Waals surface area contributed by atoms with Gasteiger partial charge in [0.2, 0.25) is 5.91 Å². The molecule has 0 spiro atoms. The molecule has 0 aliphatic carbocycles. The second-order valence-electron chi connectivity index (χ2n) is 15.5. The van der Waals surface area contributed by atoms with Crippen molar-refractivity contribution in [2.45, 2.75) is 141 Å². The third kappa shape index (κ3) is 10.7. The van der Waals surface area contributed by atoms with Gasteiger partial charge in [-0.2, -0.15) is 0 Å². The third-order valence-electron chi connectivity index (χ3n) is 10.4. The molecular weight excluding hydrogens is 582 g/mol. The molecule has 9 nitrogen and oxygen atoms in total. The van der Waals surface area contributed by atoms with Gasteiger partial charge in [0, 0.05) is 24.5 Å². The Hall–Kier alpha value is -1.59. The highest BCUT2D eigenvalue weighted by Gasteiger charge is 2.47. The smallest absolute Gasteiger partial charge is 0.225 e. The predicted molar refractivity (Wildman–Crippen MR) is 184 cm³/mol. The molecule has 1 amide bonds. The van der Waals surface area contributed by atoms with E-state index >= 15 is 0 Å². The van der Waals surface area contributed by atoms with E-state index in [0.29, 0.717) is 18.8 Å². The molecule has 4 N–H and O–H groups in total. The molecule has 0 bridgehead atoms. The molecule has 2 aliphatic rings. The minimum Gasteiger partial charge on any atom is -0.392 e. The van der Waals surface area contributed by atoms with Crippen LogP contribution in [0.4, 0.5) is 0 Å². The normalized spacial score (nSPS) is 37.7. The Morgan fingerprint density at radius 3 is 2.37 bits per heavy atom. The molecule has 264 valence electrons. The first kappa shape index (κ1) is 38.9. The Bertz CT molecular complexity index is 1070. The number of amides is 1. The molecule has 1 unspecified atom stereocenters. The Morgan fingerprint density at radius 2 is 1.76 bits per heavy atom. The molecule has 3 rings (SSSR count). The highest BCUT2D eigenvalue weighted by atomic mass is 16.7. The highest BCUT2D eigenvalue weighted by molar-refractivity contribution is 5.79. The number of aliphatic hydroxyl groups is 3. The average molecular weight is 648 g/mol. The van der Waals surface area contributed by atoms with Crippen molar-refractivity contribution in [2.24, 2.45) is 17.8 Å². The Balaban J connectivity index is 1.79. The molecule has 46 heavy (non-hydrogen) atoms. The zero-order valence-corrected chi connectivity index (χ0v) is 30.3. The van der Waals surface area contributed by atoms with E-state index in [1.165, 1.54) is 11.1 Å². The van der Waals surface area contributed by atoms with Gasteiger partial charge in [-0.3, -0.25) is 4.79 Å². The van der Waals surface area contributed by atoms with Crippen LogP contribution >= 0.6 is 0 Å². The number of hydrogen-bond donors (Lipinski definition) is 4. The summed E-state index contributed by atoms with van der Waals surface area (Å²) in [6, 6.07) is 8.65. The van der Waals surface area contributed by atoms with Crippen LogP contribution in [0.25, 0.3) is 0 Å². The lowest BCUT2D eigenvalue weighted by Gasteiger charge is -2.46. The lowest BCUT2D eigenvalue weighted by atomic mass is 9.77. The van der Waals surface area contributed by atoms with Crippen LogP contribution in [0, 0.1) is 17.8 Å².